The summed E-state index contributed by atoms with van der Waals surface area (Å²) in [5.74, 6) is 1.61. The lowest BCUT2D eigenvalue weighted by Crippen LogP contribution is -2.25. The molecule has 1 aromatic heterocycles. The first-order valence-electron chi connectivity index (χ1n) is 8.40. The van der Waals surface area contributed by atoms with Crippen LogP contribution in [0.2, 0.25) is 5.02 Å². The van der Waals surface area contributed by atoms with Crippen molar-refractivity contribution < 1.29 is 9.15 Å². The number of ether oxygens (including phenoxy) is 1. The number of aryl methyl sites for hydroxylation is 1. The molecule has 2 nitrogen and oxygen atoms in total. The lowest BCUT2D eigenvalue weighted by atomic mass is 9.74. The summed E-state index contributed by atoms with van der Waals surface area (Å²) in [4.78, 5) is 0. The Labute approximate surface area is 151 Å². The van der Waals surface area contributed by atoms with Gasteiger partial charge in [0.15, 0.2) is 11.3 Å². The van der Waals surface area contributed by atoms with Crippen molar-refractivity contribution in [2.45, 2.75) is 26.2 Å². The predicted octanol–water partition coefficient (Wildman–Crippen LogP) is 6.98. The van der Waals surface area contributed by atoms with Crippen LogP contribution in [0.15, 0.2) is 52.9 Å². The SMILES string of the molecule is Cc1cc(Cl)cc2c1C(C)(C)c1ccc3c(oc4ccccc43)c1O2. The van der Waals surface area contributed by atoms with E-state index < -0.39 is 0 Å². The van der Waals surface area contributed by atoms with E-state index in [1.165, 1.54) is 5.56 Å². The highest BCUT2D eigenvalue weighted by atomic mass is 35.5. The first kappa shape index (κ1) is 14.9. The molecule has 0 fully saturated rings. The maximum Gasteiger partial charge on any atom is 0.178 e. The lowest BCUT2D eigenvalue weighted by Gasteiger charge is -2.35. The quantitative estimate of drug-likeness (QED) is 0.342. The van der Waals surface area contributed by atoms with Gasteiger partial charge in [-0.1, -0.05) is 49.7 Å². The van der Waals surface area contributed by atoms with Crippen LogP contribution >= 0.6 is 11.6 Å². The van der Waals surface area contributed by atoms with Crippen molar-refractivity contribution in [3.63, 3.8) is 0 Å². The first-order chi connectivity index (χ1) is 12.0. The van der Waals surface area contributed by atoms with E-state index in [2.05, 4.69) is 39.0 Å². The number of fused-ring (bicyclic) bond motifs is 6. The maximum atomic E-state index is 6.34. The molecule has 3 heteroatoms. The van der Waals surface area contributed by atoms with Gasteiger partial charge in [0.1, 0.15) is 11.3 Å². The van der Waals surface area contributed by atoms with Gasteiger partial charge in [0.2, 0.25) is 0 Å². The molecule has 0 spiro atoms. The average molecular weight is 349 g/mol. The van der Waals surface area contributed by atoms with Gasteiger partial charge in [-0.25, -0.2) is 0 Å². The highest BCUT2D eigenvalue weighted by Gasteiger charge is 2.37. The van der Waals surface area contributed by atoms with E-state index >= 15 is 0 Å². The topological polar surface area (TPSA) is 22.4 Å². The number of halogens is 1. The van der Waals surface area contributed by atoms with Crippen LogP contribution in [0.4, 0.5) is 0 Å². The van der Waals surface area contributed by atoms with Gasteiger partial charge < -0.3 is 9.15 Å². The Morgan fingerprint density at radius 2 is 1.76 bits per heavy atom. The van der Waals surface area contributed by atoms with Gasteiger partial charge in [-0.3, -0.25) is 0 Å². The van der Waals surface area contributed by atoms with Crippen LogP contribution in [0.1, 0.15) is 30.5 Å². The third kappa shape index (κ3) is 1.92. The van der Waals surface area contributed by atoms with Crippen molar-refractivity contribution in [3.8, 4) is 11.5 Å². The van der Waals surface area contributed by atoms with Gasteiger partial charge in [-0.05, 0) is 36.8 Å². The monoisotopic (exact) mass is 348 g/mol. The van der Waals surface area contributed by atoms with Gasteiger partial charge in [0.05, 0.1) is 0 Å². The van der Waals surface area contributed by atoms with E-state index in [0.29, 0.717) is 5.02 Å². The Morgan fingerprint density at radius 1 is 0.960 bits per heavy atom. The Bertz CT molecular complexity index is 1170. The van der Waals surface area contributed by atoms with E-state index in [4.69, 9.17) is 20.8 Å². The second kappa shape index (κ2) is 4.80. The van der Waals surface area contributed by atoms with Gasteiger partial charge >= 0.3 is 0 Å². The van der Waals surface area contributed by atoms with E-state index in [-0.39, 0.29) is 5.41 Å². The second-order valence-corrected chi connectivity index (χ2v) is 7.68. The van der Waals surface area contributed by atoms with Crippen molar-refractivity contribution in [2.24, 2.45) is 0 Å². The van der Waals surface area contributed by atoms with E-state index in [9.17, 15) is 0 Å². The van der Waals surface area contributed by atoms with Crippen molar-refractivity contribution in [1.29, 1.82) is 0 Å². The normalized spacial score (nSPS) is 15.0. The zero-order chi connectivity index (χ0) is 17.3. The molecule has 0 unspecified atom stereocenters. The predicted molar refractivity (Wildman–Crippen MR) is 102 cm³/mol. The number of hydrogen-bond acceptors (Lipinski definition) is 2. The average Bonchev–Trinajstić information content (AvgIpc) is 2.93. The molecule has 0 aliphatic carbocycles. The molecule has 0 N–H and O–H groups in total. The number of para-hydroxylation sites is 1. The second-order valence-electron chi connectivity index (χ2n) is 7.24. The van der Waals surface area contributed by atoms with Gasteiger partial charge in [0.25, 0.3) is 0 Å². The third-order valence-electron chi connectivity index (χ3n) is 5.28. The summed E-state index contributed by atoms with van der Waals surface area (Å²) in [6.45, 7) is 6.53. The minimum atomic E-state index is -0.190. The van der Waals surface area contributed by atoms with Crippen molar-refractivity contribution >= 4 is 33.5 Å². The molecular formula is C22H17ClO2. The fourth-order valence-corrected chi connectivity index (χ4v) is 4.46. The molecule has 25 heavy (non-hydrogen) atoms. The van der Waals surface area contributed by atoms with Crippen LogP contribution < -0.4 is 4.74 Å². The molecule has 1 aliphatic rings. The summed E-state index contributed by atoms with van der Waals surface area (Å²) < 4.78 is 12.5. The number of rotatable bonds is 0. The molecule has 0 amide bonds. The number of hydrogen-bond donors (Lipinski definition) is 0. The maximum absolute atomic E-state index is 6.34. The Kier molecular flexibility index (Phi) is 2.85. The highest BCUT2D eigenvalue weighted by molar-refractivity contribution is 6.30. The minimum Gasteiger partial charge on any atom is -0.453 e. The molecule has 5 rings (SSSR count). The van der Waals surface area contributed by atoms with Crippen LogP contribution in [0.3, 0.4) is 0 Å². The molecule has 0 atom stereocenters. The van der Waals surface area contributed by atoms with E-state index in [1.54, 1.807) is 0 Å². The summed E-state index contributed by atoms with van der Waals surface area (Å²) >= 11 is 6.28. The Balaban J connectivity index is 1.88. The van der Waals surface area contributed by atoms with Gasteiger partial charge in [0, 0.05) is 32.3 Å². The van der Waals surface area contributed by atoms with Crippen molar-refractivity contribution in [1.82, 2.24) is 0 Å². The first-order valence-corrected chi connectivity index (χ1v) is 8.78. The van der Waals surface area contributed by atoms with E-state index in [0.717, 1.165) is 44.6 Å². The lowest BCUT2D eigenvalue weighted by molar-refractivity contribution is 0.414. The van der Waals surface area contributed by atoms with Gasteiger partial charge in [-0.15, -0.1) is 0 Å². The molecular weight excluding hydrogens is 332 g/mol. The molecule has 0 bridgehead atoms. The number of benzene rings is 3. The zero-order valence-electron chi connectivity index (χ0n) is 14.3. The fraction of sp³-hybridized carbons (Fsp3) is 0.182. The van der Waals surface area contributed by atoms with Crippen molar-refractivity contribution in [2.75, 3.05) is 0 Å². The van der Waals surface area contributed by atoms with Gasteiger partial charge in [-0.2, -0.15) is 0 Å². The van der Waals surface area contributed by atoms with Crippen LogP contribution in [-0.2, 0) is 5.41 Å². The summed E-state index contributed by atoms with van der Waals surface area (Å²) in [5, 5.41) is 2.87. The van der Waals surface area contributed by atoms with Crippen LogP contribution in [0.5, 0.6) is 11.5 Å². The molecule has 0 saturated carbocycles. The molecule has 2 heterocycles. The van der Waals surface area contributed by atoms with E-state index in [1.807, 2.05) is 30.3 Å². The third-order valence-corrected chi connectivity index (χ3v) is 5.49. The van der Waals surface area contributed by atoms with Crippen LogP contribution in [-0.4, -0.2) is 0 Å². The minimum absolute atomic E-state index is 0.190. The molecule has 0 radical (unpaired) electrons. The molecule has 124 valence electrons. The fourth-order valence-electron chi connectivity index (χ4n) is 4.20. The molecule has 3 aromatic carbocycles. The molecule has 4 aromatic rings. The summed E-state index contributed by atoms with van der Waals surface area (Å²) in [5.41, 5.74) is 4.94. The summed E-state index contributed by atoms with van der Waals surface area (Å²) in [6.07, 6.45) is 0. The number of furan rings is 1. The largest absolute Gasteiger partial charge is 0.453 e. The highest BCUT2D eigenvalue weighted by Crippen LogP contribution is 2.53. The van der Waals surface area contributed by atoms with Crippen LogP contribution in [0, 0.1) is 6.92 Å². The smallest absolute Gasteiger partial charge is 0.178 e. The van der Waals surface area contributed by atoms with Crippen LogP contribution in [0.25, 0.3) is 21.9 Å². The summed E-state index contributed by atoms with van der Waals surface area (Å²) in [6, 6.07) is 16.3. The molecule has 1 aliphatic heterocycles. The van der Waals surface area contributed by atoms with Crippen molar-refractivity contribution in [3.05, 3.63) is 70.2 Å². The molecule has 0 saturated heterocycles. The summed E-state index contributed by atoms with van der Waals surface area (Å²) in [7, 11) is 0. The Hall–Kier alpha value is -2.45. The zero-order valence-corrected chi connectivity index (χ0v) is 15.1. The standard InChI is InChI=1S/C22H17ClO2/c1-12-10-13(23)11-18-19(12)22(2,3)16-9-8-15-14-6-4-5-7-17(14)24-20(15)21(16)25-18/h4-11H,1-3H3. The Morgan fingerprint density at radius 3 is 2.60 bits per heavy atom.